The Bertz CT molecular complexity index is 197. The van der Waals surface area contributed by atoms with Crippen LogP contribution in [-0.2, 0) is 0 Å². The number of hydrogen-bond donors (Lipinski definition) is 4. The Morgan fingerprint density at radius 3 is 2.42 bits per heavy atom. The number of hydrogen-bond acceptors (Lipinski definition) is 4. The summed E-state index contributed by atoms with van der Waals surface area (Å²) in [6, 6.07) is 0. The summed E-state index contributed by atoms with van der Waals surface area (Å²) in [6.45, 7) is 3.35. The third-order valence-corrected chi connectivity index (χ3v) is 1.66. The van der Waals surface area contributed by atoms with Crippen molar-refractivity contribution in [1.29, 1.82) is 5.41 Å². The molecule has 0 bridgehead atoms. The van der Waals surface area contributed by atoms with Gasteiger partial charge in [0, 0.05) is 24.3 Å². The van der Waals surface area contributed by atoms with Crippen molar-refractivity contribution in [2.24, 2.45) is 5.41 Å². The van der Waals surface area contributed by atoms with Crippen molar-refractivity contribution in [3.8, 4) is 0 Å². The molecule has 0 spiro atoms. The first-order valence-corrected chi connectivity index (χ1v) is 3.72. The molecular weight excluding hydrogens is 156 g/mol. The Morgan fingerprint density at radius 1 is 1.58 bits per heavy atom. The van der Waals surface area contributed by atoms with Crippen molar-refractivity contribution in [3.63, 3.8) is 0 Å². The lowest BCUT2D eigenvalue weighted by atomic mass is 9.88. The molecule has 0 radical (unpaired) electrons. The van der Waals surface area contributed by atoms with Crippen molar-refractivity contribution in [2.45, 2.75) is 13.8 Å². The molecule has 0 aromatic rings. The lowest BCUT2D eigenvalue weighted by molar-refractivity contribution is 0.213. The van der Waals surface area contributed by atoms with Crippen LogP contribution in [0.2, 0.25) is 0 Å². The van der Waals surface area contributed by atoms with Crippen LogP contribution in [0.3, 0.4) is 0 Å². The van der Waals surface area contributed by atoms with Crippen molar-refractivity contribution < 1.29 is 10.2 Å². The van der Waals surface area contributed by atoms with E-state index in [0.717, 1.165) is 0 Å². The average Bonchev–Trinajstić information content (AvgIpc) is 2.04. The topological polar surface area (TPSA) is 76.3 Å². The van der Waals surface area contributed by atoms with Crippen molar-refractivity contribution in [2.75, 3.05) is 13.7 Å². The van der Waals surface area contributed by atoms with Crippen LogP contribution >= 0.6 is 0 Å². The largest absolute Gasteiger partial charge is 0.495 e. The Morgan fingerprint density at radius 2 is 2.08 bits per heavy atom. The average molecular weight is 172 g/mol. The van der Waals surface area contributed by atoms with Gasteiger partial charge in [-0.05, 0) is 0 Å². The molecule has 0 aliphatic rings. The van der Waals surface area contributed by atoms with Crippen molar-refractivity contribution >= 4 is 5.71 Å². The second-order valence-corrected chi connectivity index (χ2v) is 3.24. The predicted molar refractivity (Wildman–Crippen MR) is 48.4 cm³/mol. The summed E-state index contributed by atoms with van der Waals surface area (Å²) < 4.78 is 0. The molecular formula is C8H16N2O2. The van der Waals surface area contributed by atoms with Gasteiger partial charge in [-0.1, -0.05) is 13.8 Å². The quantitative estimate of drug-likeness (QED) is 0.371. The predicted octanol–water partition coefficient (Wildman–Crippen LogP) is 0.643. The third-order valence-electron chi connectivity index (χ3n) is 1.66. The molecule has 4 heteroatoms. The highest BCUT2D eigenvalue weighted by Crippen LogP contribution is 2.16. The molecule has 70 valence electrons. The van der Waals surface area contributed by atoms with Crippen LogP contribution < -0.4 is 5.32 Å². The minimum Gasteiger partial charge on any atom is -0.495 e. The number of aliphatic hydroxyl groups excluding tert-OH is 2. The fourth-order valence-electron chi connectivity index (χ4n) is 0.489. The number of rotatable bonds is 4. The maximum Gasteiger partial charge on any atom is 0.185 e. The van der Waals surface area contributed by atoms with Gasteiger partial charge in [0.1, 0.15) is 0 Å². The minimum atomic E-state index is -0.606. The van der Waals surface area contributed by atoms with E-state index in [9.17, 15) is 0 Å². The van der Waals surface area contributed by atoms with Gasteiger partial charge in [-0.15, -0.1) is 0 Å². The van der Waals surface area contributed by atoms with Crippen LogP contribution in [0.25, 0.3) is 0 Å². The van der Waals surface area contributed by atoms with Crippen molar-refractivity contribution in [1.82, 2.24) is 5.32 Å². The molecule has 0 rings (SSSR count). The fourth-order valence-corrected chi connectivity index (χ4v) is 0.489. The van der Waals surface area contributed by atoms with E-state index in [4.69, 9.17) is 15.6 Å². The molecule has 0 aromatic heterocycles. The maximum atomic E-state index is 9.01. The summed E-state index contributed by atoms with van der Waals surface area (Å²) in [5, 5.41) is 27.9. The van der Waals surface area contributed by atoms with E-state index in [2.05, 4.69) is 5.32 Å². The summed E-state index contributed by atoms with van der Waals surface area (Å²) in [5.41, 5.74) is -0.415. The minimum absolute atomic E-state index is 0.0680. The third kappa shape index (κ3) is 2.92. The summed E-state index contributed by atoms with van der Waals surface area (Å²) in [5.74, 6) is -0.0680. The molecule has 0 heterocycles. The van der Waals surface area contributed by atoms with Gasteiger partial charge in [0.25, 0.3) is 0 Å². The smallest absolute Gasteiger partial charge is 0.185 e. The zero-order chi connectivity index (χ0) is 9.78. The van der Waals surface area contributed by atoms with Gasteiger partial charge in [0.05, 0.1) is 6.61 Å². The number of nitrogens with one attached hydrogen (secondary N) is 2. The fraction of sp³-hybridized carbons (Fsp3) is 0.625. The first-order valence-electron chi connectivity index (χ1n) is 3.72. The van der Waals surface area contributed by atoms with Crippen LogP contribution in [0, 0.1) is 10.8 Å². The van der Waals surface area contributed by atoms with E-state index in [-0.39, 0.29) is 18.2 Å². The Labute approximate surface area is 72.4 Å². The zero-order valence-corrected chi connectivity index (χ0v) is 7.68. The first-order chi connectivity index (χ1) is 5.44. The lowest BCUT2D eigenvalue weighted by Crippen LogP contribution is -2.27. The molecule has 4 nitrogen and oxygen atoms in total. The number of aliphatic hydroxyl groups is 2. The molecule has 0 aliphatic heterocycles. The van der Waals surface area contributed by atoms with Gasteiger partial charge in [-0.3, -0.25) is 0 Å². The molecule has 0 saturated carbocycles. The molecule has 0 saturated heterocycles. The molecule has 12 heavy (non-hydrogen) atoms. The summed E-state index contributed by atoms with van der Waals surface area (Å²) in [4.78, 5) is 0. The SMILES string of the molecule is CN/C(O)=C/C(=N)C(C)(C)CO. The molecule has 4 N–H and O–H groups in total. The van der Waals surface area contributed by atoms with Gasteiger partial charge in [-0.2, -0.15) is 0 Å². The van der Waals surface area contributed by atoms with Gasteiger partial charge < -0.3 is 20.9 Å². The summed E-state index contributed by atoms with van der Waals surface area (Å²) in [6.07, 6.45) is 1.29. The second kappa shape index (κ2) is 4.11. The standard InChI is InChI=1S/C8H16N2O2/c1-8(2,5-11)6(9)4-7(12)10-3/h4,9-12H,5H2,1-3H3/b7-4-,9-6?. The number of allylic oxidation sites excluding steroid dienone is 1. The molecule has 0 fully saturated rings. The van der Waals surface area contributed by atoms with Gasteiger partial charge in [-0.25, -0.2) is 0 Å². The normalized spacial score (nSPS) is 12.8. The van der Waals surface area contributed by atoms with E-state index in [1.54, 1.807) is 20.9 Å². The monoisotopic (exact) mass is 172 g/mol. The Hall–Kier alpha value is -1.03. The first kappa shape index (κ1) is 11.0. The van der Waals surface area contributed by atoms with Gasteiger partial charge in [0.15, 0.2) is 5.88 Å². The van der Waals surface area contributed by atoms with Crippen LogP contribution in [0.5, 0.6) is 0 Å². The molecule has 0 unspecified atom stereocenters. The van der Waals surface area contributed by atoms with Crippen LogP contribution in [0.4, 0.5) is 0 Å². The highest BCUT2D eigenvalue weighted by molar-refractivity contribution is 5.97. The molecule has 0 amide bonds. The van der Waals surface area contributed by atoms with Crippen LogP contribution in [-0.4, -0.2) is 29.6 Å². The van der Waals surface area contributed by atoms with E-state index < -0.39 is 5.41 Å². The Kier molecular flexibility index (Phi) is 3.76. The van der Waals surface area contributed by atoms with Crippen LogP contribution in [0.1, 0.15) is 13.8 Å². The maximum absolute atomic E-state index is 9.01. The van der Waals surface area contributed by atoms with E-state index >= 15 is 0 Å². The second-order valence-electron chi connectivity index (χ2n) is 3.24. The summed E-state index contributed by atoms with van der Waals surface area (Å²) in [7, 11) is 1.56. The highest BCUT2D eigenvalue weighted by Gasteiger charge is 2.21. The lowest BCUT2D eigenvalue weighted by Gasteiger charge is -2.20. The highest BCUT2D eigenvalue weighted by atomic mass is 16.3. The zero-order valence-electron chi connectivity index (χ0n) is 7.68. The molecule has 0 atom stereocenters. The Balaban J connectivity index is 4.41. The van der Waals surface area contributed by atoms with E-state index in [0.29, 0.717) is 0 Å². The van der Waals surface area contributed by atoms with Gasteiger partial charge >= 0.3 is 0 Å². The van der Waals surface area contributed by atoms with E-state index in [1.807, 2.05) is 0 Å². The van der Waals surface area contributed by atoms with Crippen molar-refractivity contribution in [3.05, 3.63) is 12.0 Å². The van der Waals surface area contributed by atoms with E-state index in [1.165, 1.54) is 6.08 Å². The summed E-state index contributed by atoms with van der Waals surface area (Å²) >= 11 is 0. The molecule has 0 aromatic carbocycles. The van der Waals surface area contributed by atoms with Crippen LogP contribution in [0.15, 0.2) is 12.0 Å². The van der Waals surface area contributed by atoms with Gasteiger partial charge in [0.2, 0.25) is 0 Å². The molecule has 0 aliphatic carbocycles.